The van der Waals surface area contributed by atoms with Gasteiger partial charge in [0.05, 0.1) is 5.56 Å². The second kappa shape index (κ2) is 8.80. The highest BCUT2D eigenvalue weighted by molar-refractivity contribution is 7.89. The Bertz CT molecular complexity index is 1380. The van der Waals surface area contributed by atoms with Crippen molar-refractivity contribution >= 4 is 26.8 Å². The molecule has 1 saturated heterocycles. The van der Waals surface area contributed by atoms with Gasteiger partial charge in [-0.15, -0.1) is 0 Å². The van der Waals surface area contributed by atoms with Crippen LogP contribution in [0.3, 0.4) is 0 Å². The van der Waals surface area contributed by atoms with Crippen LogP contribution in [-0.2, 0) is 16.6 Å². The number of pyridine rings is 1. The van der Waals surface area contributed by atoms with E-state index in [9.17, 15) is 13.2 Å². The summed E-state index contributed by atoms with van der Waals surface area (Å²) in [5.74, 6) is -0.0727. The van der Waals surface area contributed by atoms with Crippen molar-refractivity contribution in [2.75, 3.05) is 26.2 Å². The Morgan fingerprint density at radius 2 is 1.61 bits per heavy atom. The average molecular weight is 461 g/mol. The molecule has 4 aromatic rings. The van der Waals surface area contributed by atoms with Crippen LogP contribution in [0, 0.1) is 0 Å². The Balaban J connectivity index is 1.36. The fraction of sp³-hybridized carbons (Fsp3) is 0.200. The molecule has 3 heterocycles. The van der Waals surface area contributed by atoms with Crippen molar-refractivity contribution in [1.29, 1.82) is 0 Å². The minimum Gasteiger partial charge on any atom is -0.342 e. The number of rotatable bonds is 5. The molecule has 0 unspecified atom stereocenters. The highest BCUT2D eigenvalue weighted by atomic mass is 32.2. The van der Waals surface area contributed by atoms with Crippen molar-refractivity contribution in [3.05, 3.63) is 96.4 Å². The van der Waals surface area contributed by atoms with Crippen molar-refractivity contribution < 1.29 is 13.2 Å². The Kier molecular flexibility index (Phi) is 5.70. The van der Waals surface area contributed by atoms with Gasteiger partial charge in [0.15, 0.2) is 0 Å². The van der Waals surface area contributed by atoms with E-state index in [2.05, 4.69) is 21.7 Å². The molecule has 0 N–H and O–H groups in total. The molecule has 2 aromatic heterocycles. The van der Waals surface area contributed by atoms with Gasteiger partial charge in [-0.3, -0.25) is 9.78 Å². The maximum atomic E-state index is 13.4. The Labute approximate surface area is 192 Å². The van der Waals surface area contributed by atoms with E-state index in [1.54, 1.807) is 23.2 Å². The summed E-state index contributed by atoms with van der Waals surface area (Å²) in [5, 5.41) is 0.906. The smallest absolute Gasteiger partial charge is 0.256 e. The SMILES string of the molecule is O=C(c1cn(Cc2ccccc2)c2ccccc12)N1CCN(S(=O)(=O)c2cccnc2)CC1. The summed E-state index contributed by atoms with van der Waals surface area (Å²) in [6, 6.07) is 21.2. The van der Waals surface area contributed by atoms with E-state index in [0.29, 0.717) is 25.2 Å². The molecule has 5 rings (SSSR count). The molecular formula is C25H24N4O3S. The molecular weight excluding hydrogens is 436 g/mol. The fourth-order valence-electron chi connectivity index (χ4n) is 4.28. The molecule has 0 spiro atoms. The summed E-state index contributed by atoms with van der Waals surface area (Å²) in [6.07, 6.45) is 4.82. The molecule has 1 aliphatic rings. The lowest BCUT2D eigenvalue weighted by Gasteiger charge is -2.33. The monoisotopic (exact) mass is 460 g/mol. The van der Waals surface area contributed by atoms with Crippen LogP contribution in [0.1, 0.15) is 15.9 Å². The lowest BCUT2D eigenvalue weighted by atomic mass is 10.1. The number of hydrogen-bond acceptors (Lipinski definition) is 4. The van der Waals surface area contributed by atoms with Crippen molar-refractivity contribution in [2.24, 2.45) is 0 Å². The third kappa shape index (κ3) is 4.15. The lowest BCUT2D eigenvalue weighted by Crippen LogP contribution is -2.50. The number of sulfonamides is 1. The number of carbonyl (C=O) groups is 1. The summed E-state index contributed by atoms with van der Waals surface area (Å²) in [6.45, 7) is 1.87. The van der Waals surface area contributed by atoms with Crippen LogP contribution in [-0.4, -0.2) is 59.3 Å². The summed E-state index contributed by atoms with van der Waals surface area (Å²) in [4.78, 5) is 19.3. The molecule has 0 saturated carbocycles. The number of nitrogens with zero attached hydrogens (tertiary/aromatic N) is 4. The Morgan fingerprint density at radius 1 is 0.879 bits per heavy atom. The fourth-order valence-corrected chi connectivity index (χ4v) is 5.67. The van der Waals surface area contributed by atoms with Gasteiger partial charge in [-0.2, -0.15) is 4.31 Å². The van der Waals surface area contributed by atoms with E-state index in [0.717, 1.165) is 16.5 Å². The van der Waals surface area contributed by atoms with Crippen molar-refractivity contribution in [3.8, 4) is 0 Å². The largest absolute Gasteiger partial charge is 0.342 e. The van der Waals surface area contributed by atoms with Crippen LogP contribution in [0.25, 0.3) is 10.9 Å². The van der Waals surface area contributed by atoms with E-state index < -0.39 is 10.0 Å². The molecule has 168 valence electrons. The standard InChI is InChI=1S/C25H24N4O3S/c30-25(27-13-15-29(16-14-27)33(31,32)21-9-6-12-26-17-21)23-19-28(18-20-7-2-1-3-8-20)24-11-5-4-10-22(23)24/h1-12,17,19H,13-16,18H2. The van der Waals surface area contributed by atoms with Gasteiger partial charge in [0, 0.05) is 62.2 Å². The predicted molar refractivity (Wildman–Crippen MR) is 126 cm³/mol. The third-order valence-electron chi connectivity index (χ3n) is 6.01. The first kappa shape index (κ1) is 21.4. The summed E-state index contributed by atoms with van der Waals surface area (Å²) < 4.78 is 29.3. The number of aromatic nitrogens is 2. The van der Waals surface area contributed by atoms with E-state index in [1.807, 2.05) is 48.7 Å². The minimum absolute atomic E-state index is 0.0727. The number of carbonyl (C=O) groups excluding carboxylic acids is 1. The summed E-state index contributed by atoms with van der Waals surface area (Å²) >= 11 is 0. The maximum absolute atomic E-state index is 13.4. The molecule has 0 aliphatic carbocycles. The quantitative estimate of drug-likeness (QED) is 0.458. The molecule has 33 heavy (non-hydrogen) atoms. The normalized spacial score (nSPS) is 15.1. The van der Waals surface area contributed by atoms with Gasteiger partial charge >= 0.3 is 0 Å². The van der Waals surface area contributed by atoms with E-state index in [4.69, 9.17) is 0 Å². The molecule has 7 nitrogen and oxygen atoms in total. The van der Waals surface area contributed by atoms with Crippen molar-refractivity contribution in [2.45, 2.75) is 11.4 Å². The van der Waals surface area contributed by atoms with Gasteiger partial charge in [-0.25, -0.2) is 8.42 Å². The van der Waals surface area contributed by atoms with Gasteiger partial charge in [-0.1, -0.05) is 48.5 Å². The molecule has 8 heteroatoms. The van der Waals surface area contributed by atoms with Crippen LogP contribution >= 0.6 is 0 Å². The molecule has 0 radical (unpaired) electrons. The minimum atomic E-state index is -3.61. The van der Waals surface area contributed by atoms with Gasteiger partial charge in [0.2, 0.25) is 10.0 Å². The predicted octanol–water partition coefficient (Wildman–Crippen LogP) is 3.23. The van der Waals surface area contributed by atoms with Crippen LogP contribution < -0.4 is 0 Å². The number of hydrogen-bond donors (Lipinski definition) is 0. The number of amides is 1. The van der Waals surface area contributed by atoms with Gasteiger partial charge < -0.3 is 9.47 Å². The van der Waals surface area contributed by atoms with Crippen molar-refractivity contribution in [1.82, 2.24) is 18.8 Å². The topological polar surface area (TPSA) is 75.5 Å². The summed E-state index contributed by atoms with van der Waals surface area (Å²) in [5.41, 5.74) is 2.80. The Morgan fingerprint density at radius 3 is 2.33 bits per heavy atom. The first-order valence-corrected chi connectivity index (χ1v) is 12.3. The Hall–Kier alpha value is -3.49. The summed E-state index contributed by atoms with van der Waals surface area (Å²) in [7, 11) is -3.61. The van der Waals surface area contributed by atoms with Crippen LogP contribution in [0.5, 0.6) is 0 Å². The van der Waals surface area contributed by atoms with Crippen LogP contribution in [0.15, 0.2) is 90.2 Å². The maximum Gasteiger partial charge on any atom is 0.256 e. The lowest BCUT2D eigenvalue weighted by molar-refractivity contribution is 0.0699. The van der Waals surface area contributed by atoms with Crippen LogP contribution in [0.2, 0.25) is 0 Å². The zero-order valence-electron chi connectivity index (χ0n) is 18.0. The molecule has 2 aromatic carbocycles. The number of piperazine rings is 1. The number of fused-ring (bicyclic) bond motifs is 1. The zero-order valence-corrected chi connectivity index (χ0v) is 18.9. The number of para-hydroxylation sites is 1. The van der Waals surface area contributed by atoms with E-state index in [-0.39, 0.29) is 23.9 Å². The first-order valence-electron chi connectivity index (χ1n) is 10.9. The highest BCUT2D eigenvalue weighted by Gasteiger charge is 2.31. The van der Waals surface area contributed by atoms with Crippen molar-refractivity contribution in [3.63, 3.8) is 0 Å². The van der Waals surface area contributed by atoms with Gasteiger partial charge in [-0.05, 0) is 23.8 Å². The molecule has 1 amide bonds. The highest BCUT2D eigenvalue weighted by Crippen LogP contribution is 2.25. The first-order chi connectivity index (χ1) is 16.0. The molecule has 0 bridgehead atoms. The zero-order chi connectivity index (χ0) is 22.8. The third-order valence-corrected chi connectivity index (χ3v) is 7.89. The van der Waals surface area contributed by atoms with E-state index in [1.165, 1.54) is 10.5 Å². The molecule has 1 aliphatic heterocycles. The van der Waals surface area contributed by atoms with Gasteiger partial charge in [0.25, 0.3) is 5.91 Å². The number of benzene rings is 2. The van der Waals surface area contributed by atoms with Crippen LogP contribution in [0.4, 0.5) is 0 Å². The second-order valence-corrected chi connectivity index (χ2v) is 10.00. The second-order valence-electron chi connectivity index (χ2n) is 8.06. The molecule has 0 atom stereocenters. The van der Waals surface area contributed by atoms with Gasteiger partial charge in [0.1, 0.15) is 4.90 Å². The van der Waals surface area contributed by atoms with E-state index >= 15 is 0 Å². The molecule has 1 fully saturated rings. The average Bonchev–Trinajstić information content (AvgIpc) is 3.23.